The number of piperidine rings is 1. The van der Waals surface area contributed by atoms with Gasteiger partial charge in [0, 0.05) is 53.9 Å². The van der Waals surface area contributed by atoms with Crippen molar-refractivity contribution in [2.75, 3.05) is 11.9 Å². The lowest BCUT2D eigenvalue weighted by Gasteiger charge is -2.48. The highest BCUT2D eigenvalue weighted by atomic mass is 16.3. The van der Waals surface area contributed by atoms with Crippen LogP contribution in [0.15, 0.2) is 42.9 Å². The minimum absolute atomic E-state index is 0.0264. The summed E-state index contributed by atoms with van der Waals surface area (Å²) in [5, 5.41) is 28.5. The monoisotopic (exact) mass is 472 g/mol. The van der Waals surface area contributed by atoms with E-state index in [-0.39, 0.29) is 16.8 Å². The number of phenolic OH excluding ortho intramolecular Hbond substituents is 1. The predicted molar refractivity (Wildman–Crippen MR) is 137 cm³/mol. The van der Waals surface area contributed by atoms with Crippen LogP contribution in [0.25, 0.3) is 33.4 Å². The Hall–Kier alpha value is -3.59. The van der Waals surface area contributed by atoms with Gasteiger partial charge in [0.1, 0.15) is 11.4 Å². The maximum Gasteiger partial charge on any atom is 0.245 e. The van der Waals surface area contributed by atoms with E-state index in [9.17, 15) is 5.11 Å². The Kier molecular flexibility index (Phi) is 5.47. The number of nitrogens with one attached hydrogen (secondary N) is 1. The fourth-order valence-corrected chi connectivity index (χ4v) is 5.39. The van der Waals surface area contributed by atoms with Gasteiger partial charge in [-0.2, -0.15) is 5.10 Å². The van der Waals surface area contributed by atoms with Crippen LogP contribution in [-0.2, 0) is 7.05 Å². The number of hydrogen-bond acceptors (Lipinski definition) is 8. The first-order chi connectivity index (χ1) is 16.5. The molecule has 0 bridgehead atoms. The van der Waals surface area contributed by atoms with Crippen LogP contribution < -0.4 is 10.2 Å². The van der Waals surface area contributed by atoms with E-state index in [1.165, 1.54) is 0 Å². The van der Waals surface area contributed by atoms with Crippen molar-refractivity contribution in [3.8, 4) is 28.1 Å². The fourth-order valence-electron chi connectivity index (χ4n) is 5.39. The number of nitrogens with zero attached hydrogens (tertiary/aromatic N) is 7. The van der Waals surface area contributed by atoms with E-state index in [2.05, 4.69) is 63.2 Å². The number of hydrogen-bond donors (Lipinski definition) is 2. The molecule has 0 spiro atoms. The molecule has 0 unspecified atom stereocenters. The molecule has 3 aromatic heterocycles. The lowest BCUT2D eigenvalue weighted by molar-refractivity contribution is 0.160. The maximum atomic E-state index is 10.8. The molecule has 0 aliphatic carbocycles. The van der Waals surface area contributed by atoms with Crippen LogP contribution >= 0.6 is 0 Å². The zero-order chi connectivity index (χ0) is 25.0. The summed E-state index contributed by atoms with van der Waals surface area (Å²) in [4.78, 5) is 11.2. The third kappa shape index (κ3) is 4.55. The molecule has 1 saturated heterocycles. The molecule has 2 N–H and O–H groups in total. The SMILES string of the molecule is CN(c1ncc(-c2ccc(-c3cnc4c(cnn4C)c3)cc2O)nn1)C1CC(C)(C)NC(C)(C)C1. The summed E-state index contributed by atoms with van der Waals surface area (Å²) >= 11 is 0. The Labute approximate surface area is 205 Å². The summed E-state index contributed by atoms with van der Waals surface area (Å²) in [6.07, 6.45) is 7.22. The second-order valence-electron chi connectivity index (χ2n) is 10.8. The number of rotatable bonds is 4. The molecule has 0 radical (unpaired) electrons. The van der Waals surface area contributed by atoms with E-state index in [1.807, 2.05) is 32.3 Å². The second-order valence-corrected chi connectivity index (χ2v) is 10.8. The Morgan fingerprint density at radius 1 is 0.971 bits per heavy atom. The van der Waals surface area contributed by atoms with Crippen molar-refractivity contribution in [1.82, 2.24) is 35.3 Å². The zero-order valence-corrected chi connectivity index (χ0v) is 21.1. The lowest BCUT2D eigenvalue weighted by Crippen LogP contribution is -2.62. The van der Waals surface area contributed by atoms with Crippen molar-refractivity contribution >= 4 is 17.0 Å². The van der Waals surface area contributed by atoms with Crippen molar-refractivity contribution in [1.29, 1.82) is 0 Å². The fraction of sp³-hybridized carbons (Fsp3) is 0.423. The molecule has 0 saturated carbocycles. The number of pyridine rings is 1. The number of aryl methyl sites for hydroxylation is 1. The number of benzene rings is 1. The Bertz CT molecular complexity index is 1360. The summed E-state index contributed by atoms with van der Waals surface area (Å²) in [5.74, 6) is 0.701. The van der Waals surface area contributed by atoms with Crippen LogP contribution in [-0.4, -0.2) is 59.2 Å². The summed E-state index contributed by atoms with van der Waals surface area (Å²) in [6, 6.07) is 7.81. The number of fused-ring (bicyclic) bond motifs is 1. The molecule has 1 aliphatic heterocycles. The summed E-state index contributed by atoms with van der Waals surface area (Å²) in [7, 11) is 3.89. The highest BCUT2D eigenvalue weighted by Gasteiger charge is 2.39. The van der Waals surface area contributed by atoms with Gasteiger partial charge in [-0.15, -0.1) is 10.2 Å². The average Bonchev–Trinajstić information content (AvgIpc) is 3.17. The molecule has 0 amide bonds. The van der Waals surface area contributed by atoms with Gasteiger partial charge in [-0.1, -0.05) is 6.07 Å². The standard InChI is InChI=1S/C26H32N8O/c1-25(2)11-19(12-26(3,4)32-25)33(5)24-28-15-21(30-31-24)20-8-7-16(10-22(20)35)17-9-18-14-29-34(6)23(18)27-13-17/h7-10,13-15,19,32,35H,11-12H2,1-6H3. The number of aromatic nitrogens is 6. The third-order valence-corrected chi connectivity index (χ3v) is 6.76. The van der Waals surface area contributed by atoms with Gasteiger partial charge in [-0.05, 0) is 64.3 Å². The first-order valence-corrected chi connectivity index (χ1v) is 11.8. The zero-order valence-electron chi connectivity index (χ0n) is 21.1. The normalized spacial score (nSPS) is 17.5. The number of phenols is 1. The third-order valence-electron chi connectivity index (χ3n) is 6.76. The highest BCUT2D eigenvalue weighted by Crippen LogP contribution is 2.34. The van der Waals surface area contributed by atoms with Gasteiger partial charge in [0.05, 0.1) is 12.4 Å². The second kappa shape index (κ2) is 8.27. The minimum atomic E-state index is 0.0264. The van der Waals surface area contributed by atoms with Gasteiger partial charge in [-0.25, -0.2) is 9.97 Å². The first kappa shape index (κ1) is 23.2. The van der Waals surface area contributed by atoms with E-state index in [4.69, 9.17) is 0 Å². The number of aromatic hydroxyl groups is 1. The topological polar surface area (TPSA) is 105 Å². The molecule has 1 aliphatic rings. The van der Waals surface area contributed by atoms with Crippen molar-refractivity contribution in [3.63, 3.8) is 0 Å². The molecule has 35 heavy (non-hydrogen) atoms. The van der Waals surface area contributed by atoms with E-state index >= 15 is 0 Å². The van der Waals surface area contributed by atoms with Crippen LogP contribution in [0.2, 0.25) is 0 Å². The lowest BCUT2D eigenvalue weighted by atomic mass is 9.79. The summed E-state index contributed by atoms with van der Waals surface area (Å²) in [5.41, 5.74) is 3.74. The Balaban J connectivity index is 1.37. The minimum Gasteiger partial charge on any atom is -0.507 e. The van der Waals surface area contributed by atoms with Crippen molar-refractivity contribution < 1.29 is 5.11 Å². The van der Waals surface area contributed by atoms with Crippen LogP contribution in [0.5, 0.6) is 5.75 Å². The Morgan fingerprint density at radius 3 is 2.37 bits per heavy atom. The molecule has 9 heteroatoms. The van der Waals surface area contributed by atoms with Gasteiger partial charge >= 0.3 is 0 Å². The maximum absolute atomic E-state index is 10.8. The molecule has 1 aromatic carbocycles. The van der Waals surface area contributed by atoms with Crippen LogP contribution in [0.3, 0.4) is 0 Å². The van der Waals surface area contributed by atoms with Crippen LogP contribution in [0.4, 0.5) is 5.95 Å². The van der Waals surface area contributed by atoms with Gasteiger partial charge in [0.25, 0.3) is 0 Å². The van der Waals surface area contributed by atoms with Gasteiger partial charge < -0.3 is 15.3 Å². The first-order valence-electron chi connectivity index (χ1n) is 11.8. The van der Waals surface area contributed by atoms with Gasteiger partial charge in [0.2, 0.25) is 5.95 Å². The van der Waals surface area contributed by atoms with E-state index in [0.717, 1.165) is 35.0 Å². The molecule has 5 rings (SSSR count). The molecular formula is C26H32N8O. The molecule has 1 fully saturated rings. The van der Waals surface area contributed by atoms with Crippen molar-refractivity contribution in [3.05, 3.63) is 42.9 Å². The molecule has 9 nitrogen and oxygen atoms in total. The molecule has 0 atom stereocenters. The largest absolute Gasteiger partial charge is 0.507 e. The average molecular weight is 473 g/mol. The molecular weight excluding hydrogens is 440 g/mol. The van der Waals surface area contributed by atoms with E-state index < -0.39 is 0 Å². The van der Waals surface area contributed by atoms with Crippen LogP contribution in [0, 0.1) is 0 Å². The molecule has 4 heterocycles. The smallest absolute Gasteiger partial charge is 0.245 e. The molecule has 4 aromatic rings. The van der Waals surface area contributed by atoms with Crippen molar-refractivity contribution in [2.45, 2.75) is 57.7 Å². The van der Waals surface area contributed by atoms with Gasteiger partial charge in [0.15, 0.2) is 5.65 Å². The summed E-state index contributed by atoms with van der Waals surface area (Å²) < 4.78 is 1.74. The quantitative estimate of drug-likeness (QED) is 0.460. The van der Waals surface area contributed by atoms with Crippen LogP contribution in [0.1, 0.15) is 40.5 Å². The Morgan fingerprint density at radius 2 is 1.71 bits per heavy atom. The van der Waals surface area contributed by atoms with Gasteiger partial charge in [-0.3, -0.25) is 4.68 Å². The highest BCUT2D eigenvalue weighted by molar-refractivity contribution is 5.82. The molecule has 182 valence electrons. The van der Waals surface area contributed by atoms with Crippen molar-refractivity contribution in [2.24, 2.45) is 7.05 Å². The van der Waals surface area contributed by atoms with E-state index in [1.54, 1.807) is 29.3 Å². The predicted octanol–water partition coefficient (Wildman–Crippen LogP) is 3.94. The van der Waals surface area contributed by atoms with E-state index in [0.29, 0.717) is 23.2 Å². The summed E-state index contributed by atoms with van der Waals surface area (Å²) in [6.45, 7) is 8.92. The number of anilines is 1.